The predicted molar refractivity (Wildman–Crippen MR) is 68.5 cm³/mol. The van der Waals surface area contributed by atoms with Gasteiger partial charge in [-0.3, -0.25) is 0 Å². The first-order chi connectivity index (χ1) is 7.29. The van der Waals surface area contributed by atoms with Gasteiger partial charge in [0.2, 0.25) is 0 Å². The van der Waals surface area contributed by atoms with Crippen molar-refractivity contribution in [2.45, 2.75) is 77.9 Å². The SMILES string of the molecule is CC(C)(C)CCC(C)(F)CC1CCCCN1. The van der Waals surface area contributed by atoms with E-state index in [9.17, 15) is 4.39 Å². The Labute approximate surface area is 100 Å². The van der Waals surface area contributed by atoms with Crippen LogP contribution in [0.1, 0.15) is 66.2 Å². The molecule has 2 unspecified atom stereocenters. The van der Waals surface area contributed by atoms with E-state index in [0.29, 0.717) is 18.9 Å². The fourth-order valence-corrected chi connectivity index (χ4v) is 2.35. The lowest BCUT2D eigenvalue weighted by Crippen LogP contribution is -2.39. The Morgan fingerprint density at radius 2 is 1.81 bits per heavy atom. The Morgan fingerprint density at radius 3 is 2.31 bits per heavy atom. The molecule has 0 aromatic heterocycles. The first kappa shape index (κ1) is 14.0. The molecule has 16 heavy (non-hydrogen) atoms. The van der Waals surface area contributed by atoms with Crippen LogP contribution in [0.4, 0.5) is 4.39 Å². The normalized spacial score (nSPS) is 26.4. The molecule has 1 rings (SSSR count). The van der Waals surface area contributed by atoms with E-state index in [-0.39, 0.29) is 5.41 Å². The molecule has 0 aliphatic carbocycles. The third-order valence-corrected chi connectivity index (χ3v) is 3.48. The van der Waals surface area contributed by atoms with E-state index in [1.54, 1.807) is 6.92 Å². The summed E-state index contributed by atoms with van der Waals surface area (Å²) in [7, 11) is 0. The standard InChI is InChI=1S/C14H28FN/c1-13(2,3)8-9-14(4,15)11-12-7-5-6-10-16-12/h12,16H,5-11H2,1-4H3. The number of piperidine rings is 1. The highest BCUT2D eigenvalue weighted by atomic mass is 19.1. The molecule has 1 fully saturated rings. The molecule has 2 atom stereocenters. The number of nitrogens with one attached hydrogen (secondary N) is 1. The molecule has 2 heteroatoms. The summed E-state index contributed by atoms with van der Waals surface area (Å²) in [6, 6.07) is 0.406. The van der Waals surface area contributed by atoms with Crippen LogP contribution in [0.2, 0.25) is 0 Å². The van der Waals surface area contributed by atoms with Crippen LogP contribution >= 0.6 is 0 Å². The molecule has 0 aromatic carbocycles. The van der Waals surface area contributed by atoms with E-state index in [2.05, 4.69) is 26.1 Å². The van der Waals surface area contributed by atoms with Crippen molar-refractivity contribution in [3.05, 3.63) is 0 Å². The van der Waals surface area contributed by atoms with Gasteiger partial charge in [-0.15, -0.1) is 0 Å². The fourth-order valence-electron chi connectivity index (χ4n) is 2.35. The van der Waals surface area contributed by atoms with Crippen molar-refractivity contribution < 1.29 is 4.39 Å². The topological polar surface area (TPSA) is 12.0 Å². The highest BCUT2D eigenvalue weighted by Crippen LogP contribution is 2.31. The molecule has 1 heterocycles. The summed E-state index contributed by atoms with van der Waals surface area (Å²) in [5.41, 5.74) is -0.754. The van der Waals surface area contributed by atoms with Crippen molar-refractivity contribution >= 4 is 0 Å². The molecule has 1 nitrogen and oxygen atoms in total. The van der Waals surface area contributed by atoms with Crippen LogP contribution < -0.4 is 5.32 Å². The molecule has 0 bridgehead atoms. The van der Waals surface area contributed by atoms with Gasteiger partial charge < -0.3 is 5.32 Å². The maximum Gasteiger partial charge on any atom is 0.109 e. The third kappa shape index (κ3) is 5.83. The minimum Gasteiger partial charge on any atom is -0.314 e. The van der Waals surface area contributed by atoms with Crippen molar-refractivity contribution in [3.8, 4) is 0 Å². The lowest BCUT2D eigenvalue weighted by molar-refractivity contribution is 0.116. The maximum atomic E-state index is 14.4. The summed E-state index contributed by atoms with van der Waals surface area (Å²) in [6.45, 7) is 9.39. The lowest BCUT2D eigenvalue weighted by Gasteiger charge is -2.31. The maximum absolute atomic E-state index is 14.4. The van der Waals surface area contributed by atoms with Gasteiger partial charge in [0, 0.05) is 6.04 Å². The van der Waals surface area contributed by atoms with Gasteiger partial charge in [-0.2, -0.15) is 0 Å². The van der Waals surface area contributed by atoms with Crippen LogP contribution in [0.3, 0.4) is 0 Å². The molecule has 0 saturated carbocycles. The van der Waals surface area contributed by atoms with Crippen LogP contribution in [0.25, 0.3) is 0 Å². The second kappa shape index (κ2) is 5.48. The van der Waals surface area contributed by atoms with Gasteiger partial charge in [0.05, 0.1) is 0 Å². The summed E-state index contributed by atoms with van der Waals surface area (Å²) in [6.07, 6.45) is 5.99. The lowest BCUT2D eigenvalue weighted by atomic mass is 9.83. The number of halogens is 1. The predicted octanol–water partition coefficient (Wildman–Crippen LogP) is 4.07. The highest BCUT2D eigenvalue weighted by molar-refractivity contribution is 4.84. The average Bonchev–Trinajstić information content (AvgIpc) is 2.15. The fraction of sp³-hybridized carbons (Fsp3) is 1.00. The summed E-state index contributed by atoms with van der Waals surface area (Å²) in [5, 5.41) is 3.43. The molecule has 0 radical (unpaired) electrons. The Balaban J connectivity index is 2.32. The molecule has 0 spiro atoms. The Morgan fingerprint density at radius 1 is 1.12 bits per heavy atom. The van der Waals surface area contributed by atoms with Gasteiger partial charge >= 0.3 is 0 Å². The Hall–Kier alpha value is -0.110. The number of hydrogen-bond donors (Lipinski definition) is 1. The molecule has 1 N–H and O–H groups in total. The largest absolute Gasteiger partial charge is 0.314 e. The number of rotatable bonds is 4. The van der Waals surface area contributed by atoms with Crippen molar-refractivity contribution in [1.29, 1.82) is 0 Å². The number of hydrogen-bond acceptors (Lipinski definition) is 1. The highest BCUT2D eigenvalue weighted by Gasteiger charge is 2.29. The van der Waals surface area contributed by atoms with E-state index >= 15 is 0 Å². The zero-order valence-corrected chi connectivity index (χ0v) is 11.4. The Bertz CT molecular complexity index is 199. The summed E-state index contributed by atoms with van der Waals surface area (Å²) < 4.78 is 14.4. The van der Waals surface area contributed by atoms with Crippen molar-refractivity contribution in [3.63, 3.8) is 0 Å². The van der Waals surface area contributed by atoms with Crippen molar-refractivity contribution in [2.24, 2.45) is 5.41 Å². The molecule has 0 amide bonds. The second-order valence-electron chi connectivity index (χ2n) is 6.82. The minimum atomic E-state index is -0.998. The minimum absolute atomic E-state index is 0.243. The van der Waals surface area contributed by atoms with Crippen molar-refractivity contribution in [2.75, 3.05) is 6.54 Å². The second-order valence-corrected chi connectivity index (χ2v) is 6.82. The molecule has 1 saturated heterocycles. The first-order valence-corrected chi connectivity index (χ1v) is 6.71. The van der Waals surface area contributed by atoms with Crippen LogP contribution in [0.5, 0.6) is 0 Å². The summed E-state index contributed by atoms with van der Waals surface area (Å²) in [5.74, 6) is 0. The quantitative estimate of drug-likeness (QED) is 0.766. The molecule has 1 aliphatic heterocycles. The molecular formula is C14H28FN. The van der Waals surface area contributed by atoms with Crippen LogP contribution in [-0.2, 0) is 0 Å². The summed E-state index contributed by atoms with van der Waals surface area (Å²) in [4.78, 5) is 0. The van der Waals surface area contributed by atoms with Gasteiger partial charge in [0.15, 0.2) is 0 Å². The van der Waals surface area contributed by atoms with E-state index in [0.717, 1.165) is 19.4 Å². The first-order valence-electron chi connectivity index (χ1n) is 6.71. The van der Waals surface area contributed by atoms with Gasteiger partial charge in [0.25, 0.3) is 0 Å². The smallest absolute Gasteiger partial charge is 0.109 e. The van der Waals surface area contributed by atoms with E-state index in [1.807, 2.05) is 0 Å². The third-order valence-electron chi connectivity index (χ3n) is 3.48. The van der Waals surface area contributed by atoms with Crippen LogP contribution in [0, 0.1) is 5.41 Å². The monoisotopic (exact) mass is 229 g/mol. The number of alkyl halides is 1. The van der Waals surface area contributed by atoms with Gasteiger partial charge in [-0.1, -0.05) is 27.2 Å². The zero-order chi connectivity index (χ0) is 12.2. The van der Waals surface area contributed by atoms with Crippen LogP contribution in [0.15, 0.2) is 0 Å². The van der Waals surface area contributed by atoms with Crippen LogP contribution in [-0.4, -0.2) is 18.3 Å². The zero-order valence-electron chi connectivity index (χ0n) is 11.4. The van der Waals surface area contributed by atoms with Crippen molar-refractivity contribution in [1.82, 2.24) is 5.32 Å². The average molecular weight is 229 g/mol. The van der Waals surface area contributed by atoms with Gasteiger partial charge in [-0.25, -0.2) is 4.39 Å². The van der Waals surface area contributed by atoms with Gasteiger partial charge in [0.1, 0.15) is 5.67 Å². The molecule has 96 valence electrons. The Kier molecular flexibility index (Phi) is 4.78. The van der Waals surface area contributed by atoms with E-state index in [1.165, 1.54) is 12.8 Å². The summed E-state index contributed by atoms with van der Waals surface area (Å²) >= 11 is 0. The molecule has 0 aromatic rings. The van der Waals surface area contributed by atoms with E-state index < -0.39 is 5.67 Å². The molecule has 1 aliphatic rings. The van der Waals surface area contributed by atoms with Gasteiger partial charge in [-0.05, 0) is 51.0 Å². The molecular weight excluding hydrogens is 201 g/mol. The van der Waals surface area contributed by atoms with E-state index in [4.69, 9.17) is 0 Å².